The van der Waals surface area contributed by atoms with Gasteiger partial charge in [-0.25, -0.2) is 14.8 Å². The van der Waals surface area contributed by atoms with Gasteiger partial charge in [0.2, 0.25) is 0 Å². The lowest BCUT2D eigenvalue weighted by molar-refractivity contribution is 0.0463. The normalized spacial score (nSPS) is 11.0. The highest BCUT2D eigenvalue weighted by Gasteiger charge is 2.14. The zero-order valence-electron chi connectivity index (χ0n) is 16.5. The maximum absolute atomic E-state index is 12.7. The monoisotopic (exact) mass is 437 g/mol. The fraction of sp³-hybridized carbons (Fsp3) is 0.182. The van der Waals surface area contributed by atoms with Crippen molar-refractivity contribution in [2.75, 3.05) is 0 Å². The number of ether oxygens (including phenoxy) is 1. The van der Waals surface area contributed by atoms with E-state index in [0.717, 1.165) is 21.2 Å². The molecule has 0 fully saturated rings. The minimum atomic E-state index is -0.446. The van der Waals surface area contributed by atoms with E-state index in [1.54, 1.807) is 47.5 Å². The number of rotatable bonds is 6. The van der Waals surface area contributed by atoms with Crippen LogP contribution in [0.5, 0.6) is 0 Å². The van der Waals surface area contributed by atoms with Gasteiger partial charge in [0.25, 0.3) is 5.56 Å². The minimum Gasteiger partial charge on any atom is -0.456 e. The molecular weight excluding hydrogens is 418 g/mol. The first-order chi connectivity index (χ1) is 14.5. The molecule has 0 bridgehead atoms. The Morgan fingerprint density at radius 2 is 1.97 bits per heavy atom. The lowest BCUT2D eigenvalue weighted by Gasteiger charge is -2.09. The second-order valence-electron chi connectivity index (χ2n) is 6.74. The third-order valence-corrected chi connectivity index (χ3v) is 6.29. The summed E-state index contributed by atoms with van der Waals surface area (Å²) in [4.78, 5) is 34.7. The number of pyridine rings is 1. The van der Waals surface area contributed by atoms with E-state index in [4.69, 9.17) is 4.74 Å². The van der Waals surface area contributed by atoms with Gasteiger partial charge in [0.05, 0.1) is 22.0 Å². The first-order valence-corrected chi connectivity index (χ1v) is 11.1. The number of benzene rings is 1. The van der Waals surface area contributed by atoms with Crippen LogP contribution in [0.3, 0.4) is 0 Å². The molecule has 6 nitrogen and oxygen atoms in total. The number of hydrogen-bond acceptors (Lipinski definition) is 7. The van der Waals surface area contributed by atoms with Crippen LogP contribution in [-0.2, 0) is 17.1 Å². The fourth-order valence-corrected chi connectivity index (χ4v) is 4.59. The van der Waals surface area contributed by atoms with Crippen molar-refractivity contribution in [3.63, 3.8) is 0 Å². The molecule has 4 rings (SSSR count). The van der Waals surface area contributed by atoms with Crippen LogP contribution in [0.15, 0.2) is 63.7 Å². The molecule has 0 saturated carbocycles. The molecule has 4 aromatic rings. The van der Waals surface area contributed by atoms with Gasteiger partial charge in [-0.2, -0.15) is 0 Å². The summed E-state index contributed by atoms with van der Waals surface area (Å²) in [6, 6.07) is 12.4. The Kier molecular flexibility index (Phi) is 5.96. The number of carbonyl (C=O) groups excluding carboxylic acids is 1. The zero-order chi connectivity index (χ0) is 21.1. The average molecular weight is 438 g/mol. The fourth-order valence-electron chi connectivity index (χ4n) is 2.94. The molecule has 0 aliphatic carbocycles. The quantitative estimate of drug-likeness (QED) is 0.328. The molecule has 0 unspecified atom stereocenters. The Morgan fingerprint density at radius 3 is 2.77 bits per heavy atom. The van der Waals surface area contributed by atoms with Gasteiger partial charge < -0.3 is 4.74 Å². The third kappa shape index (κ3) is 4.60. The van der Waals surface area contributed by atoms with Crippen molar-refractivity contribution in [2.24, 2.45) is 0 Å². The molecule has 0 atom stereocenters. The van der Waals surface area contributed by atoms with E-state index in [1.807, 2.05) is 37.4 Å². The van der Waals surface area contributed by atoms with Gasteiger partial charge in [0, 0.05) is 28.3 Å². The summed E-state index contributed by atoms with van der Waals surface area (Å²) in [6.45, 7) is 3.81. The molecule has 0 aliphatic rings. The molecule has 0 spiro atoms. The van der Waals surface area contributed by atoms with Crippen LogP contribution in [-0.4, -0.2) is 20.3 Å². The van der Waals surface area contributed by atoms with E-state index >= 15 is 0 Å². The van der Waals surface area contributed by atoms with Gasteiger partial charge in [-0.3, -0.25) is 9.20 Å². The van der Waals surface area contributed by atoms with Gasteiger partial charge in [0.15, 0.2) is 0 Å². The molecular formula is C22H19N3O3S2. The summed E-state index contributed by atoms with van der Waals surface area (Å²) < 4.78 is 6.94. The zero-order valence-corrected chi connectivity index (χ0v) is 18.1. The summed E-state index contributed by atoms with van der Waals surface area (Å²) in [7, 11) is 0. The first kappa shape index (κ1) is 20.3. The average Bonchev–Trinajstić information content (AvgIpc) is 3.16. The van der Waals surface area contributed by atoms with E-state index in [2.05, 4.69) is 9.97 Å². The maximum atomic E-state index is 12.7. The lowest BCUT2D eigenvalue weighted by Crippen LogP contribution is -2.17. The number of esters is 1. The summed E-state index contributed by atoms with van der Waals surface area (Å²) >= 11 is 3.15. The molecule has 30 heavy (non-hydrogen) atoms. The molecule has 3 heterocycles. The van der Waals surface area contributed by atoms with E-state index in [0.29, 0.717) is 22.7 Å². The van der Waals surface area contributed by atoms with Crippen LogP contribution in [0.4, 0.5) is 0 Å². The molecule has 8 heteroatoms. The Labute approximate surface area is 181 Å². The molecule has 1 aromatic carbocycles. The van der Waals surface area contributed by atoms with Crippen molar-refractivity contribution >= 4 is 34.7 Å². The van der Waals surface area contributed by atoms with E-state index in [1.165, 1.54) is 10.5 Å². The van der Waals surface area contributed by atoms with Gasteiger partial charge in [-0.05, 0) is 37.6 Å². The number of carbonyl (C=O) groups is 1. The predicted molar refractivity (Wildman–Crippen MR) is 118 cm³/mol. The van der Waals surface area contributed by atoms with Crippen molar-refractivity contribution in [3.05, 3.63) is 91.9 Å². The maximum Gasteiger partial charge on any atom is 0.339 e. The standard InChI is InChI=1S/C22H19N3O3S2/c1-14-7-8-20-24-16(9-21(26)25(20)10-14)11-28-22(27)18-5-3-4-6-19(18)30-13-17-12-29-15(2)23-17/h3-10,12H,11,13H2,1-2H3. The van der Waals surface area contributed by atoms with Crippen molar-refractivity contribution in [3.8, 4) is 0 Å². The highest BCUT2D eigenvalue weighted by molar-refractivity contribution is 7.98. The van der Waals surface area contributed by atoms with Crippen LogP contribution in [0, 0.1) is 13.8 Å². The highest BCUT2D eigenvalue weighted by atomic mass is 32.2. The van der Waals surface area contributed by atoms with Gasteiger partial charge in [0.1, 0.15) is 12.3 Å². The molecule has 0 radical (unpaired) electrons. The number of thiazole rings is 1. The number of fused-ring (bicyclic) bond motifs is 1. The Morgan fingerprint density at radius 1 is 1.13 bits per heavy atom. The van der Waals surface area contributed by atoms with Gasteiger partial charge >= 0.3 is 5.97 Å². The smallest absolute Gasteiger partial charge is 0.339 e. The first-order valence-electron chi connectivity index (χ1n) is 9.28. The topological polar surface area (TPSA) is 73.6 Å². The molecule has 3 aromatic heterocycles. The SMILES string of the molecule is Cc1ccc2nc(COC(=O)c3ccccc3SCc3csc(C)n3)cc(=O)n2c1. The van der Waals surface area contributed by atoms with Crippen LogP contribution < -0.4 is 5.56 Å². The summed E-state index contributed by atoms with van der Waals surface area (Å²) in [5.41, 5.74) is 3.18. The van der Waals surface area contributed by atoms with Crippen LogP contribution >= 0.6 is 23.1 Å². The Bertz CT molecular complexity index is 1280. The summed E-state index contributed by atoms with van der Waals surface area (Å²) in [6.07, 6.45) is 1.73. The van der Waals surface area contributed by atoms with Crippen molar-refractivity contribution in [1.29, 1.82) is 0 Å². The number of aryl methyl sites for hydroxylation is 2. The summed E-state index contributed by atoms with van der Waals surface area (Å²) in [5.74, 6) is 0.232. The van der Waals surface area contributed by atoms with Crippen LogP contribution in [0.25, 0.3) is 5.65 Å². The second-order valence-corrected chi connectivity index (χ2v) is 8.82. The second kappa shape index (κ2) is 8.81. The molecule has 0 amide bonds. The number of nitrogens with zero attached hydrogens (tertiary/aromatic N) is 3. The molecule has 152 valence electrons. The van der Waals surface area contributed by atoms with E-state index in [-0.39, 0.29) is 12.2 Å². The lowest BCUT2D eigenvalue weighted by atomic mass is 10.2. The summed E-state index contributed by atoms with van der Waals surface area (Å²) in [5, 5.41) is 3.04. The molecule has 0 N–H and O–H groups in total. The van der Waals surface area contributed by atoms with Gasteiger partial charge in [-0.1, -0.05) is 18.2 Å². The number of hydrogen-bond donors (Lipinski definition) is 0. The van der Waals surface area contributed by atoms with E-state index in [9.17, 15) is 9.59 Å². The van der Waals surface area contributed by atoms with Crippen molar-refractivity contribution in [2.45, 2.75) is 31.1 Å². The number of thioether (sulfide) groups is 1. The van der Waals surface area contributed by atoms with Crippen LogP contribution in [0.2, 0.25) is 0 Å². The third-order valence-electron chi connectivity index (χ3n) is 4.36. The Hall–Kier alpha value is -2.97. The minimum absolute atomic E-state index is 0.0667. The van der Waals surface area contributed by atoms with Gasteiger partial charge in [-0.15, -0.1) is 23.1 Å². The van der Waals surface area contributed by atoms with Crippen molar-refractivity contribution in [1.82, 2.24) is 14.4 Å². The van der Waals surface area contributed by atoms with E-state index < -0.39 is 5.97 Å². The van der Waals surface area contributed by atoms with Crippen LogP contribution in [0.1, 0.15) is 32.3 Å². The number of aromatic nitrogens is 3. The largest absolute Gasteiger partial charge is 0.456 e. The molecule has 0 saturated heterocycles. The predicted octanol–water partition coefficient (Wildman–Crippen LogP) is 4.42. The van der Waals surface area contributed by atoms with Crippen molar-refractivity contribution < 1.29 is 9.53 Å². The Balaban J connectivity index is 1.47. The highest BCUT2D eigenvalue weighted by Crippen LogP contribution is 2.27. The molecule has 0 aliphatic heterocycles.